The number of nitrogens with zero attached hydrogens (tertiary/aromatic N) is 1. The van der Waals surface area contributed by atoms with Crippen LogP contribution in [0.2, 0.25) is 0 Å². The lowest BCUT2D eigenvalue weighted by atomic mass is 9.97. The van der Waals surface area contributed by atoms with Crippen molar-refractivity contribution >= 4 is 23.1 Å². The minimum atomic E-state index is -1.18. The molecule has 1 N–H and O–H groups in total. The molecular weight excluding hydrogens is 408 g/mol. The second-order valence-electron chi connectivity index (χ2n) is 6.96. The molecule has 2 aromatic carbocycles. The number of aliphatic hydroxyl groups is 1. The fraction of sp³-hybridized carbons (Fsp3) is 0.130. The molecular formula is C23H17F2NO5. The first kappa shape index (κ1) is 20.3. The molecule has 2 heterocycles. The van der Waals surface area contributed by atoms with Crippen molar-refractivity contribution < 1.29 is 32.6 Å². The van der Waals surface area contributed by atoms with Gasteiger partial charge in [0.1, 0.15) is 23.3 Å². The highest BCUT2D eigenvalue weighted by molar-refractivity contribution is 6.51. The normalized spacial score (nSPS) is 17.9. The average Bonchev–Trinajstić information content (AvgIpc) is 3.37. The third kappa shape index (κ3) is 3.35. The van der Waals surface area contributed by atoms with E-state index in [1.165, 1.54) is 25.5 Å². The molecule has 4 rings (SSSR count). The smallest absolute Gasteiger partial charge is 0.300 e. The van der Waals surface area contributed by atoms with E-state index in [1.54, 1.807) is 31.2 Å². The summed E-state index contributed by atoms with van der Waals surface area (Å²) in [6.07, 6.45) is 1.35. The standard InChI is InChI=1S/C23H17F2NO5/c1-12-10-14(30-2)6-7-15(12)21(27)19-20(18-4-3-9-31-18)26(23(29)22(19)28)13-5-8-16(24)17(25)11-13/h3-11,20,27H,1-2H3/b21-19-. The third-order valence-corrected chi connectivity index (χ3v) is 5.13. The third-order valence-electron chi connectivity index (χ3n) is 5.13. The number of Topliss-reactive ketones (excluding diaryl/α,β-unsaturated/α-hetero) is 1. The van der Waals surface area contributed by atoms with E-state index < -0.39 is 35.1 Å². The molecule has 1 fully saturated rings. The van der Waals surface area contributed by atoms with E-state index in [1.807, 2.05) is 0 Å². The van der Waals surface area contributed by atoms with Crippen molar-refractivity contribution in [3.05, 3.63) is 88.9 Å². The van der Waals surface area contributed by atoms with E-state index in [0.29, 0.717) is 16.9 Å². The van der Waals surface area contributed by atoms with Crippen LogP contribution in [0.5, 0.6) is 5.75 Å². The number of amides is 1. The summed E-state index contributed by atoms with van der Waals surface area (Å²) in [4.78, 5) is 26.8. The van der Waals surface area contributed by atoms with Gasteiger partial charge < -0.3 is 14.3 Å². The fourth-order valence-electron chi connectivity index (χ4n) is 3.62. The Kier molecular flexibility index (Phi) is 5.06. The molecule has 1 saturated heterocycles. The number of anilines is 1. The van der Waals surface area contributed by atoms with Gasteiger partial charge in [-0.3, -0.25) is 14.5 Å². The first-order valence-corrected chi connectivity index (χ1v) is 9.28. The summed E-state index contributed by atoms with van der Waals surface area (Å²) in [7, 11) is 1.50. The lowest BCUT2D eigenvalue weighted by Gasteiger charge is -2.23. The first-order chi connectivity index (χ1) is 14.8. The van der Waals surface area contributed by atoms with E-state index in [0.717, 1.165) is 17.0 Å². The Labute approximate surface area is 176 Å². The number of hydrogen-bond donors (Lipinski definition) is 1. The molecule has 6 nitrogen and oxygen atoms in total. The van der Waals surface area contributed by atoms with Crippen molar-refractivity contribution in [3.8, 4) is 5.75 Å². The average molecular weight is 425 g/mol. The van der Waals surface area contributed by atoms with Crippen LogP contribution < -0.4 is 9.64 Å². The van der Waals surface area contributed by atoms with Gasteiger partial charge in [0.2, 0.25) is 0 Å². The fourth-order valence-corrected chi connectivity index (χ4v) is 3.62. The Morgan fingerprint density at radius 1 is 1.10 bits per heavy atom. The Bertz CT molecular complexity index is 1220. The summed E-state index contributed by atoms with van der Waals surface area (Å²) in [6, 6.07) is 9.60. The number of carbonyl (C=O) groups is 2. The zero-order valence-electron chi connectivity index (χ0n) is 16.6. The number of furan rings is 1. The van der Waals surface area contributed by atoms with Gasteiger partial charge in [0, 0.05) is 17.3 Å². The van der Waals surface area contributed by atoms with Crippen molar-refractivity contribution in [1.29, 1.82) is 0 Å². The number of carbonyl (C=O) groups excluding carboxylic acids is 2. The van der Waals surface area contributed by atoms with Crippen LogP contribution in [-0.4, -0.2) is 23.9 Å². The molecule has 0 radical (unpaired) electrons. The van der Waals surface area contributed by atoms with Crippen LogP contribution in [0, 0.1) is 18.6 Å². The number of rotatable bonds is 4. The van der Waals surface area contributed by atoms with Crippen LogP contribution in [0.3, 0.4) is 0 Å². The Morgan fingerprint density at radius 3 is 2.48 bits per heavy atom. The summed E-state index contributed by atoms with van der Waals surface area (Å²) in [6.45, 7) is 1.71. The Hall–Kier alpha value is -3.94. The second kappa shape index (κ2) is 7.71. The Balaban J connectivity index is 1.93. The summed E-state index contributed by atoms with van der Waals surface area (Å²) in [5.41, 5.74) is 0.653. The zero-order chi connectivity index (χ0) is 22.3. The number of aliphatic hydroxyl groups excluding tert-OH is 1. The van der Waals surface area contributed by atoms with Crippen molar-refractivity contribution in [2.24, 2.45) is 0 Å². The maximum atomic E-state index is 13.9. The van der Waals surface area contributed by atoms with Crippen molar-refractivity contribution in [2.45, 2.75) is 13.0 Å². The van der Waals surface area contributed by atoms with Crippen LogP contribution in [0.4, 0.5) is 14.5 Å². The quantitative estimate of drug-likeness (QED) is 0.378. The summed E-state index contributed by atoms with van der Waals surface area (Å²) >= 11 is 0. The van der Waals surface area contributed by atoms with Crippen molar-refractivity contribution in [3.63, 3.8) is 0 Å². The maximum Gasteiger partial charge on any atom is 0.300 e. The summed E-state index contributed by atoms with van der Waals surface area (Å²) < 4.78 is 37.9. The summed E-state index contributed by atoms with van der Waals surface area (Å²) in [5, 5.41) is 11.0. The van der Waals surface area contributed by atoms with Crippen LogP contribution in [0.15, 0.2) is 64.8 Å². The first-order valence-electron chi connectivity index (χ1n) is 9.28. The number of aryl methyl sites for hydroxylation is 1. The molecule has 1 aliphatic heterocycles. The van der Waals surface area contributed by atoms with Crippen LogP contribution in [0.25, 0.3) is 5.76 Å². The molecule has 158 valence electrons. The molecule has 1 unspecified atom stereocenters. The second-order valence-corrected chi connectivity index (χ2v) is 6.96. The molecule has 0 aliphatic carbocycles. The van der Waals surface area contributed by atoms with E-state index in [-0.39, 0.29) is 17.0 Å². The van der Waals surface area contributed by atoms with Gasteiger partial charge in [0.05, 0.1) is 18.9 Å². The van der Waals surface area contributed by atoms with Crippen molar-refractivity contribution in [1.82, 2.24) is 0 Å². The van der Waals surface area contributed by atoms with E-state index >= 15 is 0 Å². The molecule has 31 heavy (non-hydrogen) atoms. The Morgan fingerprint density at radius 2 is 1.87 bits per heavy atom. The molecule has 8 heteroatoms. The van der Waals surface area contributed by atoms with Crippen molar-refractivity contribution in [2.75, 3.05) is 12.0 Å². The van der Waals surface area contributed by atoms with Gasteiger partial charge in [-0.2, -0.15) is 0 Å². The predicted octanol–water partition coefficient (Wildman–Crippen LogP) is 4.50. The maximum absolute atomic E-state index is 13.9. The van der Waals surface area contributed by atoms with E-state index in [4.69, 9.17) is 9.15 Å². The van der Waals surface area contributed by atoms with Gasteiger partial charge in [-0.15, -0.1) is 0 Å². The highest BCUT2D eigenvalue weighted by Gasteiger charge is 2.48. The number of ketones is 1. The molecule has 1 aromatic heterocycles. The molecule has 0 bridgehead atoms. The number of ether oxygens (including phenoxy) is 1. The topological polar surface area (TPSA) is 80.0 Å². The van der Waals surface area contributed by atoms with Gasteiger partial charge in [0.25, 0.3) is 11.7 Å². The molecule has 3 aromatic rings. The molecule has 0 saturated carbocycles. The number of halogens is 2. The molecule has 0 spiro atoms. The van der Waals surface area contributed by atoms with Gasteiger partial charge >= 0.3 is 0 Å². The van der Waals surface area contributed by atoms with E-state index in [2.05, 4.69) is 0 Å². The molecule has 1 amide bonds. The van der Waals surface area contributed by atoms with Gasteiger partial charge in [0.15, 0.2) is 11.6 Å². The van der Waals surface area contributed by atoms with Crippen LogP contribution >= 0.6 is 0 Å². The molecule has 1 atom stereocenters. The number of methoxy groups -OCH3 is 1. The zero-order valence-corrected chi connectivity index (χ0v) is 16.6. The van der Waals surface area contributed by atoms with Gasteiger partial charge in [-0.25, -0.2) is 8.78 Å². The van der Waals surface area contributed by atoms with E-state index in [9.17, 15) is 23.5 Å². The molecule has 1 aliphatic rings. The minimum absolute atomic E-state index is 0.0482. The largest absolute Gasteiger partial charge is 0.507 e. The number of hydrogen-bond acceptors (Lipinski definition) is 5. The lowest BCUT2D eigenvalue weighted by molar-refractivity contribution is -0.132. The minimum Gasteiger partial charge on any atom is -0.507 e. The summed E-state index contributed by atoms with van der Waals surface area (Å²) in [5.74, 6) is -3.92. The lowest BCUT2D eigenvalue weighted by Crippen LogP contribution is -2.29. The van der Waals surface area contributed by atoms with Crippen LogP contribution in [-0.2, 0) is 9.59 Å². The highest BCUT2D eigenvalue weighted by Crippen LogP contribution is 2.43. The van der Waals surface area contributed by atoms with Gasteiger partial charge in [-0.05, 0) is 55.0 Å². The predicted molar refractivity (Wildman–Crippen MR) is 108 cm³/mol. The van der Waals surface area contributed by atoms with Crippen LogP contribution in [0.1, 0.15) is 22.9 Å². The highest BCUT2D eigenvalue weighted by atomic mass is 19.2. The number of benzene rings is 2. The van der Waals surface area contributed by atoms with Gasteiger partial charge in [-0.1, -0.05) is 0 Å². The SMILES string of the molecule is COc1ccc(/C(O)=C2/C(=O)C(=O)N(c3ccc(F)c(F)c3)C2c2ccco2)c(C)c1. The monoisotopic (exact) mass is 425 g/mol.